The number of fused-ring (bicyclic) bond motifs is 15. The van der Waals surface area contributed by atoms with Gasteiger partial charge < -0.3 is 112 Å². The fourth-order valence-electron chi connectivity index (χ4n) is 13.3. The normalized spacial score (nSPS) is 25.2. The summed E-state index contributed by atoms with van der Waals surface area (Å²) in [7, 11) is 3.36. The Morgan fingerprint density at radius 3 is 1.99 bits per heavy atom. The Bertz CT molecular complexity index is 4160. The number of hydrogen-bond acceptors (Lipinski definition) is 23. The summed E-state index contributed by atoms with van der Waals surface area (Å²) in [5.74, 6) is -12.1. The SMILES string of the molecule is CCCCCCNC(=O)NC(=O)C[C@@H]1NC(=O)[C@H](NC(=O)[C@@H](CC(C)C)NC)[C@H](O)c2ccc(c(C)c2)Oc2cc3cc(c2O[C@@H]2O[C@H](CO)[C@@H](O)[C@H](O)[C@H]2O)Oc2ccc(cc2Cl)[C@@H](O)[C@@H]2NC(=O)[C@H](NC(=O)[C@@H]3NC1=O)c1ccc(O)c(c1)-c1c(C)cc(O)cc1[C@@H](C(=O)N1CCN(C)CC1)NC2=O. The van der Waals surface area contributed by atoms with E-state index in [0.717, 1.165) is 37.5 Å². The van der Waals surface area contributed by atoms with E-state index < -0.39 is 180 Å². The highest BCUT2D eigenvalue weighted by Gasteiger charge is 2.47. The molecular formula is C73H90ClN11O21. The van der Waals surface area contributed by atoms with E-state index in [2.05, 4.69) is 47.9 Å². The zero-order chi connectivity index (χ0) is 76.7. The number of carbonyl (C=O) groups excluding carboxylic acids is 9. The van der Waals surface area contributed by atoms with Crippen LogP contribution in [0.4, 0.5) is 4.79 Å². The molecular weight excluding hydrogens is 1400 g/mol. The molecule has 0 spiro atoms. The van der Waals surface area contributed by atoms with Crippen molar-refractivity contribution < 1.29 is 103 Å². The Morgan fingerprint density at radius 1 is 0.679 bits per heavy atom. The summed E-state index contributed by atoms with van der Waals surface area (Å²) in [6, 6.07) is 1.71. The molecule has 0 unspecified atom stereocenters. The number of benzene rings is 5. The number of likely N-dealkylation sites (N-methyl/N-ethyl adjacent to an activating group) is 2. The van der Waals surface area contributed by atoms with Crippen LogP contribution in [0, 0.1) is 19.8 Å². The van der Waals surface area contributed by atoms with Gasteiger partial charge >= 0.3 is 6.03 Å². The lowest BCUT2D eigenvalue weighted by Crippen LogP contribution is -2.60. The molecule has 33 heteroatoms. The van der Waals surface area contributed by atoms with E-state index in [1.165, 1.54) is 79.5 Å². The van der Waals surface area contributed by atoms with Gasteiger partial charge in [-0.1, -0.05) is 69.8 Å². The van der Waals surface area contributed by atoms with Crippen molar-refractivity contribution in [2.24, 2.45) is 5.92 Å². The number of halogens is 1. The van der Waals surface area contributed by atoms with Crippen molar-refractivity contribution in [1.29, 1.82) is 0 Å². The predicted octanol–water partition coefficient (Wildman–Crippen LogP) is 1.74. The smallest absolute Gasteiger partial charge is 0.321 e. The molecule has 570 valence electrons. The molecule has 7 aliphatic heterocycles. The van der Waals surface area contributed by atoms with Crippen LogP contribution in [-0.4, -0.2) is 212 Å². The monoisotopic (exact) mass is 1490 g/mol. The summed E-state index contributed by atoms with van der Waals surface area (Å²) in [6.07, 6.45) is -11.6. The number of imide groups is 1. The highest BCUT2D eigenvalue weighted by molar-refractivity contribution is 6.32. The lowest BCUT2D eigenvalue weighted by molar-refractivity contribution is -0.277. The van der Waals surface area contributed by atoms with Crippen LogP contribution in [0.1, 0.15) is 129 Å². The number of ether oxygens (including phenoxy) is 4. The van der Waals surface area contributed by atoms with Crippen molar-refractivity contribution in [2.75, 3.05) is 53.4 Å². The minimum absolute atomic E-state index is 0.0251. The van der Waals surface area contributed by atoms with Crippen molar-refractivity contribution >= 4 is 64.9 Å². The third-order valence-electron chi connectivity index (χ3n) is 19.2. The quantitative estimate of drug-likeness (QED) is 0.0626. The van der Waals surface area contributed by atoms with Crippen LogP contribution < -0.4 is 62.1 Å². The van der Waals surface area contributed by atoms with E-state index >= 15 is 28.8 Å². The molecule has 5 aromatic carbocycles. The lowest BCUT2D eigenvalue weighted by Gasteiger charge is -2.39. The van der Waals surface area contributed by atoms with Gasteiger partial charge in [-0.15, -0.1) is 0 Å². The number of phenolic OH excluding ortho intramolecular Hbond substituents is 2. The minimum atomic E-state index is -2.29. The number of carbonyl (C=O) groups is 9. The third-order valence-corrected chi connectivity index (χ3v) is 19.5. The van der Waals surface area contributed by atoms with E-state index in [4.69, 9.17) is 30.5 Å². The second-order valence-corrected chi connectivity index (χ2v) is 27.9. The number of amides is 10. The van der Waals surface area contributed by atoms with Crippen LogP contribution in [0.25, 0.3) is 11.1 Å². The van der Waals surface area contributed by atoms with Gasteiger partial charge in [-0.05, 0) is 152 Å². The number of hydrogen-bond donors (Lipinski definition) is 17. The van der Waals surface area contributed by atoms with Crippen LogP contribution in [0.3, 0.4) is 0 Å². The van der Waals surface area contributed by atoms with Crippen molar-refractivity contribution in [1.82, 2.24) is 57.7 Å². The maximum absolute atomic E-state index is 16.3. The lowest BCUT2D eigenvalue weighted by atomic mass is 9.87. The molecule has 14 atom stereocenters. The van der Waals surface area contributed by atoms with Crippen molar-refractivity contribution in [3.63, 3.8) is 0 Å². The first-order valence-corrected chi connectivity index (χ1v) is 35.3. The number of rotatable bonds is 16. The third kappa shape index (κ3) is 17.9. The molecule has 0 aliphatic carbocycles. The Labute approximate surface area is 614 Å². The molecule has 0 saturated carbocycles. The van der Waals surface area contributed by atoms with Gasteiger partial charge in [0.05, 0.1) is 24.1 Å². The van der Waals surface area contributed by atoms with Crippen molar-refractivity contribution in [3.8, 4) is 51.4 Å². The summed E-state index contributed by atoms with van der Waals surface area (Å²) < 4.78 is 25.6. The molecule has 10 amide bonds. The zero-order valence-corrected chi connectivity index (χ0v) is 60.1. The molecule has 2 fully saturated rings. The van der Waals surface area contributed by atoms with E-state index in [0.29, 0.717) is 19.5 Å². The molecule has 0 radical (unpaired) electrons. The van der Waals surface area contributed by atoms with Crippen LogP contribution in [-0.2, 0) is 43.1 Å². The molecule has 7 heterocycles. The van der Waals surface area contributed by atoms with Gasteiger partial charge in [-0.2, -0.15) is 0 Å². The number of nitrogens with zero attached hydrogens (tertiary/aromatic N) is 2. The topological polar surface area (TPSA) is 467 Å². The maximum Gasteiger partial charge on any atom is 0.321 e. The summed E-state index contributed by atoms with van der Waals surface area (Å²) in [4.78, 5) is 139. The Kier molecular flexibility index (Phi) is 25.5. The fourth-order valence-corrected chi connectivity index (χ4v) is 13.5. The summed E-state index contributed by atoms with van der Waals surface area (Å²) in [6.45, 7) is 9.17. The Balaban J connectivity index is 1.21. The number of urea groups is 1. The van der Waals surface area contributed by atoms with Crippen LogP contribution in [0.5, 0.6) is 40.2 Å². The second kappa shape index (κ2) is 34.2. The number of aliphatic hydroxyl groups is 6. The molecule has 2 saturated heterocycles. The maximum atomic E-state index is 16.3. The first-order valence-electron chi connectivity index (χ1n) is 35.0. The average molecular weight is 1490 g/mol. The molecule has 11 bridgehead atoms. The number of phenols is 2. The zero-order valence-electron chi connectivity index (χ0n) is 59.3. The van der Waals surface area contributed by atoms with Crippen LogP contribution >= 0.6 is 11.6 Å². The van der Waals surface area contributed by atoms with Crippen molar-refractivity contribution in [2.45, 2.75) is 158 Å². The predicted molar refractivity (Wildman–Crippen MR) is 379 cm³/mol. The molecule has 106 heavy (non-hydrogen) atoms. The number of unbranched alkanes of at least 4 members (excludes halogenated alkanes) is 3. The standard InChI is InChI=1S/C73H90ClN11O21/c1-8-9-10-11-18-76-73(102)78-52(89)31-45-66(96)79-55-39-28-49(103-47-16-13-37(24-34(47)4)59(90)57(69(99)77-45)82-65(95)44(75-6)23-33(2)3)64(106-72-63(94)62(93)61(92)51(32-86)105-72)50(29-39)104-48-17-14-38(27-43(48)74)60(91)58-70(100)81-56(71(101)85-21-19-84(7)20-22-85)42-30-40(87)25-35(5)53(42)41-26-36(12-15-46(41)88)54(67(97)83-58)80-68(55)98/h12-17,24-30,33,44-45,51,54-63,72,75,86-88,90-94H,8-11,18-23,31-32H2,1-7H3,(H,77,99)(H,79,96)(H,80,98)(H,81,100)(H,82,95)(H,83,97)(H2,76,78,89,102)/t44-,45+,51-,54-,55-,56+,57-,58+,59-,60-,61-,62+,63-,72+/m1/s1. The van der Waals surface area contributed by atoms with Gasteiger partial charge in [0, 0.05) is 38.3 Å². The van der Waals surface area contributed by atoms with Crippen LogP contribution in [0.2, 0.25) is 5.02 Å². The summed E-state index contributed by atoms with van der Waals surface area (Å²) in [5.41, 5.74) is -0.417. The Morgan fingerprint density at radius 2 is 1.33 bits per heavy atom. The number of nitrogens with one attached hydrogen (secondary N) is 9. The second-order valence-electron chi connectivity index (χ2n) is 27.5. The Hall–Kier alpha value is -9.74. The van der Waals surface area contributed by atoms with Gasteiger partial charge in [-0.25, -0.2) is 4.79 Å². The molecule has 12 rings (SSSR count). The number of aryl methyl sites for hydroxylation is 2. The highest BCUT2D eigenvalue weighted by atomic mass is 35.5. The van der Waals surface area contributed by atoms with E-state index in [9.17, 15) is 55.2 Å². The first kappa shape index (κ1) is 78.8. The van der Waals surface area contributed by atoms with Crippen LogP contribution in [0.15, 0.2) is 78.9 Å². The first-order chi connectivity index (χ1) is 50.5. The molecule has 0 aromatic heterocycles. The van der Waals surface area contributed by atoms with E-state index in [-0.39, 0.29) is 98.8 Å². The molecule has 32 nitrogen and oxygen atoms in total. The fraction of sp³-hybridized carbons (Fsp3) is 0.466. The van der Waals surface area contributed by atoms with Gasteiger partial charge in [0.15, 0.2) is 11.5 Å². The molecule has 5 aromatic rings. The average Bonchev–Trinajstić information content (AvgIpc) is 0.767. The number of aromatic hydroxyl groups is 2. The van der Waals surface area contributed by atoms with Gasteiger partial charge in [0.25, 0.3) is 0 Å². The largest absolute Gasteiger partial charge is 0.508 e. The van der Waals surface area contributed by atoms with Gasteiger partial charge in [0.1, 0.15) is 95.9 Å². The van der Waals surface area contributed by atoms with E-state index in [1.54, 1.807) is 6.92 Å². The van der Waals surface area contributed by atoms with E-state index in [1.807, 2.05) is 32.7 Å². The minimum Gasteiger partial charge on any atom is -0.508 e. The molecule has 7 aliphatic rings. The summed E-state index contributed by atoms with van der Waals surface area (Å²) in [5, 5.41) is 115. The van der Waals surface area contributed by atoms with Crippen molar-refractivity contribution in [3.05, 3.63) is 123 Å². The van der Waals surface area contributed by atoms with Gasteiger partial charge in [-0.3, -0.25) is 43.7 Å². The highest BCUT2D eigenvalue weighted by Crippen LogP contribution is 2.49. The number of piperazine rings is 1. The summed E-state index contributed by atoms with van der Waals surface area (Å²) >= 11 is 7.13. The molecule has 17 N–H and O–H groups in total. The van der Waals surface area contributed by atoms with Gasteiger partial charge in [0.2, 0.25) is 59.3 Å². The number of aliphatic hydroxyl groups excluding tert-OH is 6.